The van der Waals surface area contributed by atoms with Crippen LogP contribution < -0.4 is 5.32 Å². The monoisotopic (exact) mass is 187 g/mol. The Bertz CT molecular complexity index is 306. The molecule has 2 rings (SSSR count). The van der Waals surface area contributed by atoms with Gasteiger partial charge in [-0.05, 0) is 23.8 Å². The Labute approximate surface area is 73.6 Å². The minimum absolute atomic E-state index is 0.330. The highest BCUT2D eigenvalue weighted by molar-refractivity contribution is 5.46. The Kier molecular flexibility index (Phi) is 1.90. The minimum atomic E-state index is -1.77. The van der Waals surface area contributed by atoms with Crippen LogP contribution in [0.2, 0.25) is 0 Å². The van der Waals surface area contributed by atoms with E-state index in [-0.39, 0.29) is 0 Å². The summed E-state index contributed by atoms with van der Waals surface area (Å²) in [5, 5.41) is 2.26. The molecule has 0 radical (unpaired) electrons. The lowest BCUT2D eigenvalue weighted by Crippen LogP contribution is -2.37. The molecule has 1 N–H and O–H groups in total. The second kappa shape index (κ2) is 2.94. The van der Waals surface area contributed by atoms with Gasteiger partial charge < -0.3 is 5.32 Å². The number of hydrogen-bond acceptors (Lipinski definition) is 1. The van der Waals surface area contributed by atoms with Crippen molar-refractivity contribution in [2.75, 3.05) is 0 Å². The van der Waals surface area contributed by atoms with Crippen LogP contribution in [0.3, 0.4) is 0 Å². The van der Waals surface area contributed by atoms with Gasteiger partial charge in [-0.15, -0.1) is 0 Å². The number of nitrogens with one attached hydrogen (secondary N) is 1. The van der Waals surface area contributed by atoms with E-state index >= 15 is 0 Å². The summed E-state index contributed by atoms with van der Waals surface area (Å²) in [5.74, 6) is 0. The molecule has 0 saturated carbocycles. The fourth-order valence-corrected chi connectivity index (χ4v) is 1.36. The number of hydrogen-bond donors (Lipinski definition) is 1. The normalized spacial score (nSPS) is 37.3. The molecule has 0 amide bonds. The zero-order chi connectivity index (χ0) is 9.42. The summed E-state index contributed by atoms with van der Waals surface area (Å²) >= 11 is 0. The molecule has 2 aliphatic rings. The van der Waals surface area contributed by atoms with Crippen molar-refractivity contribution in [3.05, 3.63) is 35.6 Å². The number of fused-ring (bicyclic) bond motifs is 1. The van der Waals surface area contributed by atoms with Crippen LogP contribution in [0.4, 0.5) is 13.2 Å². The van der Waals surface area contributed by atoms with Crippen molar-refractivity contribution < 1.29 is 13.2 Å². The van der Waals surface area contributed by atoms with E-state index in [2.05, 4.69) is 5.32 Å². The maximum Gasteiger partial charge on any atom is 0.205 e. The lowest BCUT2D eigenvalue weighted by Gasteiger charge is -2.25. The molecule has 0 spiro atoms. The Balaban J connectivity index is 2.32. The third kappa shape index (κ3) is 1.48. The van der Waals surface area contributed by atoms with Crippen LogP contribution in [0.1, 0.15) is 0 Å². The van der Waals surface area contributed by atoms with E-state index in [4.69, 9.17) is 0 Å². The maximum absolute atomic E-state index is 12.8. The van der Waals surface area contributed by atoms with Crippen LogP contribution in [0, 0.1) is 0 Å². The van der Waals surface area contributed by atoms with Gasteiger partial charge in [0.05, 0.1) is 0 Å². The molecule has 1 aliphatic heterocycles. The fourth-order valence-electron chi connectivity index (χ4n) is 1.36. The smallest absolute Gasteiger partial charge is 0.205 e. The zero-order valence-corrected chi connectivity index (χ0v) is 6.68. The number of alkyl halides is 3. The molecule has 3 unspecified atom stereocenters. The molecule has 1 aliphatic carbocycles. The predicted molar refractivity (Wildman–Crippen MR) is 43.1 cm³/mol. The highest BCUT2D eigenvalue weighted by atomic mass is 19.2. The van der Waals surface area contributed by atoms with E-state index in [0.29, 0.717) is 11.3 Å². The van der Waals surface area contributed by atoms with Crippen molar-refractivity contribution in [3.8, 4) is 0 Å². The predicted octanol–water partition coefficient (Wildman–Crippen LogP) is 1.94. The lowest BCUT2D eigenvalue weighted by atomic mass is 10.00. The first-order valence-corrected chi connectivity index (χ1v) is 3.98. The molecule has 0 aromatic carbocycles. The summed E-state index contributed by atoms with van der Waals surface area (Å²) in [4.78, 5) is 0. The van der Waals surface area contributed by atoms with Gasteiger partial charge in [0.2, 0.25) is 6.30 Å². The lowest BCUT2D eigenvalue weighted by molar-refractivity contribution is 0.173. The third-order valence-corrected chi connectivity index (χ3v) is 2.01. The summed E-state index contributed by atoms with van der Waals surface area (Å²) in [6.07, 6.45) is 0.470. The summed E-state index contributed by atoms with van der Waals surface area (Å²) in [6, 6.07) is 0. The zero-order valence-electron chi connectivity index (χ0n) is 6.68. The first-order valence-electron chi connectivity index (χ1n) is 3.98. The molecule has 1 nitrogen and oxygen atoms in total. The van der Waals surface area contributed by atoms with Gasteiger partial charge in [-0.3, -0.25) is 0 Å². The van der Waals surface area contributed by atoms with Gasteiger partial charge in [-0.1, -0.05) is 6.08 Å². The fraction of sp³-hybridized carbons (Fsp3) is 0.333. The minimum Gasteiger partial charge on any atom is -0.353 e. The average Bonchev–Trinajstić information content (AvgIpc) is 2.08. The van der Waals surface area contributed by atoms with Crippen molar-refractivity contribution >= 4 is 0 Å². The quantitative estimate of drug-likeness (QED) is 0.571. The molecule has 0 bridgehead atoms. The number of allylic oxidation sites excluding steroid dienone is 3. The molecule has 3 atom stereocenters. The van der Waals surface area contributed by atoms with Crippen molar-refractivity contribution in [1.82, 2.24) is 5.32 Å². The molecular weight excluding hydrogens is 179 g/mol. The van der Waals surface area contributed by atoms with E-state index < -0.39 is 18.6 Å². The van der Waals surface area contributed by atoms with Crippen LogP contribution in [0.5, 0.6) is 0 Å². The molecule has 13 heavy (non-hydrogen) atoms. The molecule has 1 heterocycles. The van der Waals surface area contributed by atoms with Crippen LogP contribution in [0.15, 0.2) is 35.6 Å². The SMILES string of the molecule is FC1C=CC2=CC(F)C(F)NC2=C1. The molecule has 0 aromatic rings. The van der Waals surface area contributed by atoms with Gasteiger partial charge in [0.15, 0.2) is 6.17 Å². The molecule has 0 aromatic heterocycles. The Morgan fingerprint density at radius 1 is 1.15 bits per heavy atom. The summed E-state index contributed by atoms with van der Waals surface area (Å²) in [5.41, 5.74) is 0.840. The number of halogens is 3. The van der Waals surface area contributed by atoms with E-state index in [9.17, 15) is 13.2 Å². The van der Waals surface area contributed by atoms with Gasteiger partial charge >= 0.3 is 0 Å². The molecular formula is C9H8F3N. The Hall–Kier alpha value is -1.19. The molecule has 0 fully saturated rings. The summed E-state index contributed by atoms with van der Waals surface area (Å²) in [7, 11) is 0. The van der Waals surface area contributed by atoms with Gasteiger partial charge in [-0.25, -0.2) is 13.2 Å². The standard InChI is InChI=1S/C9H8F3N/c10-6-2-1-5-3-7(11)9(12)13-8(5)4-6/h1-4,6-7,9,13H. The van der Waals surface area contributed by atoms with Gasteiger partial charge in [0.1, 0.15) is 6.17 Å². The highest BCUT2D eigenvalue weighted by Crippen LogP contribution is 2.25. The molecule has 4 heteroatoms. The number of rotatable bonds is 0. The summed E-state index contributed by atoms with van der Waals surface area (Å²) in [6.45, 7) is 0. The van der Waals surface area contributed by atoms with Crippen molar-refractivity contribution in [2.45, 2.75) is 18.6 Å². The Morgan fingerprint density at radius 3 is 2.69 bits per heavy atom. The summed E-state index contributed by atoms with van der Waals surface area (Å²) < 4.78 is 38.3. The first kappa shape index (κ1) is 8.41. The van der Waals surface area contributed by atoms with Gasteiger partial charge in [0, 0.05) is 5.70 Å². The maximum atomic E-state index is 12.8. The third-order valence-electron chi connectivity index (χ3n) is 2.01. The van der Waals surface area contributed by atoms with Crippen LogP contribution >= 0.6 is 0 Å². The van der Waals surface area contributed by atoms with Crippen molar-refractivity contribution in [3.63, 3.8) is 0 Å². The molecule has 0 saturated heterocycles. The first-order chi connectivity index (χ1) is 6.16. The van der Waals surface area contributed by atoms with E-state index in [1.54, 1.807) is 0 Å². The topological polar surface area (TPSA) is 12.0 Å². The second-order valence-corrected chi connectivity index (χ2v) is 3.00. The van der Waals surface area contributed by atoms with E-state index in [0.717, 1.165) is 6.08 Å². The van der Waals surface area contributed by atoms with E-state index in [1.165, 1.54) is 18.2 Å². The average molecular weight is 187 g/mol. The van der Waals surface area contributed by atoms with Crippen molar-refractivity contribution in [2.24, 2.45) is 0 Å². The molecule has 70 valence electrons. The van der Waals surface area contributed by atoms with Crippen LogP contribution in [-0.2, 0) is 0 Å². The van der Waals surface area contributed by atoms with Crippen LogP contribution in [0.25, 0.3) is 0 Å². The van der Waals surface area contributed by atoms with Gasteiger partial charge in [-0.2, -0.15) is 0 Å². The van der Waals surface area contributed by atoms with Gasteiger partial charge in [0.25, 0.3) is 0 Å². The Morgan fingerprint density at radius 2 is 1.92 bits per heavy atom. The largest absolute Gasteiger partial charge is 0.353 e. The van der Waals surface area contributed by atoms with Crippen molar-refractivity contribution in [1.29, 1.82) is 0 Å². The van der Waals surface area contributed by atoms with Crippen LogP contribution in [-0.4, -0.2) is 18.6 Å². The second-order valence-electron chi connectivity index (χ2n) is 3.00. The highest BCUT2D eigenvalue weighted by Gasteiger charge is 2.27. The van der Waals surface area contributed by atoms with E-state index in [1.807, 2.05) is 0 Å².